The minimum Gasteiger partial charge on any atom is -0.322 e. The summed E-state index contributed by atoms with van der Waals surface area (Å²) in [7, 11) is 1.71. The highest BCUT2D eigenvalue weighted by Gasteiger charge is 2.14. The molecule has 0 aliphatic rings. The summed E-state index contributed by atoms with van der Waals surface area (Å²) in [5, 5.41) is 6.04. The first-order valence-electron chi connectivity index (χ1n) is 4.76. The normalized spacial score (nSPS) is 12.3. The van der Waals surface area contributed by atoms with Gasteiger partial charge in [0.15, 0.2) is 5.15 Å². The van der Waals surface area contributed by atoms with Crippen LogP contribution in [0.1, 0.15) is 12.5 Å². The lowest BCUT2D eigenvalue weighted by molar-refractivity contribution is -0.117. The van der Waals surface area contributed by atoms with Crippen LogP contribution in [0.2, 0.25) is 10.3 Å². The molecule has 6 heteroatoms. The predicted molar refractivity (Wildman–Crippen MR) is 66.1 cm³/mol. The Hall–Kier alpha value is -0.840. The van der Waals surface area contributed by atoms with Gasteiger partial charge in [0, 0.05) is 0 Å². The zero-order valence-corrected chi connectivity index (χ0v) is 10.8. The molecule has 1 heterocycles. The average Bonchev–Trinajstić information content (AvgIpc) is 2.21. The molecule has 88 valence electrons. The number of nitrogens with one attached hydrogen (secondary N) is 2. The molecule has 0 bridgehead atoms. The Balaban J connectivity index is 2.93. The van der Waals surface area contributed by atoms with Crippen molar-refractivity contribution in [2.45, 2.75) is 19.9 Å². The van der Waals surface area contributed by atoms with Gasteiger partial charge in [-0.25, -0.2) is 4.98 Å². The summed E-state index contributed by atoms with van der Waals surface area (Å²) in [6.07, 6.45) is 0. The molecule has 1 unspecified atom stereocenters. The number of nitrogens with zero attached hydrogens (tertiary/aromatic N) is 1. The highest BCUT2D eigenvalue weighted by atomic mass is 35.5. The highest BCUT2D eigenvalue weighted by Crippen LogP contribution is 2.26. The van der Waals surface area contributed by atoms with Crippen LogP contribution in [-0.4, -0.2) is 24.0 Å². The van der Waals surface area contributed by atoms with E-state index in [4.69, 9.17) is 23.2 Å². The number of halogens is 2. The SMILES string of the molecule is CNC(C)C(=O)Nc1c(C)cc(Cl)nc1Cl. The number of pyridine rings is 1. The van der Waals surface area contributed by atoms with E-state index in [9.17, 15) is 4.79 Å². The molecule has 0 aliphatic heterocycles. The fourth-order valence-electron chi connectivity index (χ4n) is 1.11. The summed E-state index contributed by atoms with van der Waals surface area (Å²) in [5.74, 6) is -0.170. The maximum atomic E-state index is 11.6. The summed E-state index contributed by atoms with van der Waals surface area (Å²) in [6.45, 7) is 3.56. The molecule has 1 aromatic heterocycles. The second kappa shape index (κ2) is 5.48. The van der Waals surface area contributed by atoms with Crippen molar-refractivity contribution in [3.8, 4) is 0 Å². The molecule has 1 aromatic rings. The number of carbonyl (C=O) groups excluding carboxylic acids is 1. The zero-order chi connectivity index (χ0) is 12.3. The van der Waals surface area contributed by atoms with E-state index in [-0.39, 0.29) is 17.1 Å². The Kier molecular flexibility index (Phi) is 4.53. The first-order chi connectivity index (χ1) is 7.45. The van der Waals surface area contributed by atoms with Gasteiger partial charge >= 0.3 is 0 Å². The molecule has 4 nitrogen and oxygen atoms in total. The number of rotatable bonds is 3. The molecule has 0 saturated heterocycles. The number of aromatic nitrogens is 1. The smallest absolute Gasteiger partial charge is 0.241 e. The highest BCUT2D eigenvalue weighted by molar-refractivity contribution is 6.34. The molecule has 1 amide bonds. The van der Waals surface area contributed by atoms with E-state index in [1.165, 1.54) is 0 Å². The van der Waals surface area contributed by atoms with E-state index in [1.54, 1.807) is 27.0 Å². The van der Waals surface area contributed by atoms with Crippen LogP contribution in [0, 0.1) is 6.92 Å². The third-order valence-electron chi connectivity index (χ3n) is 2.22. The van der Waals surface area contributed by atoms with Crippen molar-refractivity contribution in [1.29, 1.82) is 0 Å². The lowest BCUT2D eigenvalue weighted by Crippen LogP contribution is -2.35. The van der Waals surface area contributed by atoms with Crippen LogP contribution in [0.4, 0.5) is 5.69 Å². The van der Waals surface area contributed by atoms with Gasteiger partial charge in [0.1, 0.15) is 5.15 Å². The first kappa shape index (κ1) is 13.2. The van der Waals surface area contributed by atoms with E-state index in [1.807, 2.05) is 0 Å². The number of hydrogen-bond acceptors (Lipinski definition) is 3. The second-order valence-corrected chi connectivity index (χ2v) is 4.17. The summed E-state index contributed by atoms with van der Waals surface area (Å²) < 4.78 is 0. The zero-order valence-electron chi connectivity index (χ0n) is 9.27. The number of aryl methyl sites for hydroxylation is 1. The molecule has 16 heavy (non-hydrogen) atoms. The molecule has 0 aromatic carbocycles. The van der Waals surface area contributed by atoms with Crippen LogP contribution in [0.5, 0.6) is 0 Å². The molecule has 2 N–H and O–H groups in total. The summed E-state index contributed by atoms with van der Waals surface area (Å²) in [5.41, 5.74) is 1.28. The first-order valence-corrected chi connectivity index (χ1v) is 5.52. The Morgan fingerprint density at radius 3 is 2.62 bits per heavy atom. The van der Waals surface area contributed by atoms with Crippen molar-refractivity contribution in [3.63, 3.8) is 0 Å². The van der Waals surface area contributed by atoms with Gasteiger partial charge in [0.2, 0.25) is 5.91 Å². The van der Waals surface area contributed by atoms with Crippen LogP contribution in [0.25, 0.3) is 0 Å². The van der Waals surface area contributed by atoms with Crippen molar-refractivity contribution in [2.24, 2.45) is 0 Å². The molecule has 0 aliphatic carbocycles. The Morgan fingerprint density at radius 1 is 1.50 bits per heavy atom. The van der Waals surface area contributed by atoms with E-state index < -0.39 is 0 Å². The Morgan fingerprint density at radius 2 is 2.12 bits per heavy atom. The maximum Gasteiger partial charge on any atom is 0.241 e. The molecule has 0 radical (unpaired) electrons. The quantitative estimate of drug-likeness (QED) is 0.821. The van der Waals surface area contributed by atoms with Crippen LogP contribution < -0.4 is 10.6 Å². The van der Waals surface area contributed by atoms with Crippen LogP contribution in [0.15, 0.2) is 6.07 Å². The van der Waals surface area contributed by atoms with Crippen molar-refractivity contribution in [3.05, 3.63) is 21.9 Å². The molecule has 1 rings (SSSR count). The van der Waals surface area contributed by atoms with E-state index >= 15 is 0 Å². The Labute approximate surface area is 104 Å². The summed E-state index contributed by atoms with van der Waals surface area (Å²) in [6, 6.07) is 1.35. The summed E-state index contributed by atoms with van der Waals surface area (Å²) >= 11 is 11.6. The summed E-state index contributed by atoms with van der Waals surface area (Å²) in [4.78, 5) is 15.5. The largest absolute Gasteiger partial charge is 0.322 e. The lowest BCUT2D eigenvalue weighted by atomic mass is 10.2. The van der Waals surface area contributed by atoms with Crippen LogP contribution in [-0.2, 0) is 4.79 Å². The van der Waals surface area contributed by atoms with Gasteiger partial charge in [-0.15, -0.1) is 0 Å². The van der Waals surface area contributed by atoms with Crippen LogP contribution >= 0.6 is 23.2 Å². The molecule has 1 atom stereocenters. The van der Waals surface area contributed by atoms with Gasteiger partial charge in [-0.05, 0) is 32.5 Å². The fourth-order valence-corrected chi connectivity index (χ4v) is 1.69. The number of amides is 1. The molecule has 0 saturated carbocycles. The van der Waals surface area contributed by atoms with E-state index in [2.05, 4.69) is 15.6 Å². The third kappa shape index (κ3) is 3.07. The van der Waals surface area contributed by atoms with Crippen LogP contribution in [0.3, 0.4) is 0 Å². The molecular formula is C10H13Cl2N3O. The Bertz CT molecular complexity index is 386. The fraction of sp³-hybridized carbons (Fsp3) is 0.400. The molecule has 0 fully saturated rings. The van der Waals surface area contributed by atoms with Gasteiger partial charge in [-0.1, -0.05) is 23.2 Å². The number of hydrogen-bond donors (Lipinski definition) is 2. The van der Waals surface area contributed by atoms with Gasteiger partial charge in [-0.3, -0.25) is 4.79 Å². The predicted octanol–water partition coefficient (Wildman–Crippen LogP) is 2.24. The topological polar surface area (TPSA) is 54.0 Å². The monoisotopic (exact) mass is 261 g/mol. The number of likely N-dealkylation sites (N-methyl/N-ethyl adjacent to an activating group) is 1. The third-order valence-corrected chi connectivity index (χ3v) is 2.68. The van der Waals surface area contributed by atoms with Crippen molar-refractivity contribution < 1.29 is 4.79 Å². The van der Waals surface area contributed by atoms with Crippen molar-refractivity contribution in [2.75, 3.05) is 12.4 Å². The van der Waals surface area contributed by atoms with Gasteiger partial charge in [0.25, 0.3) is 0 Å². The average molecular weight is 262 g/mol. The minimum absolute atomic E-state index is 0.170. The second-order valence-electron chi connectivity index (χ2n) is 3.43. The van der Waals surface area contributed by atoms with Crippen molar-refractivity contribution >= 4 is 34.8 Å². The van der Waals surface area contributed by atoms with E-state index in [0.29, 0.717) is 10.8 Å². The standard InChI is InChI=1S/C10H13Cl2N3O/c1-5-4-7(11)14-9(12)8(5)15-10(16)6(2)13-3/h4,6,13H,1-3H3,(H,15,16). The number of carbonyl (C=O) groups is 1. The van der Waals surface area contributed by atoms with Crippen molar-refractivity contribution in [1.82, 2.24) is 10.3 Å². The maximum absolute atomic E-state index is 11.6. The molecular weight excluding hydrogens is 249 g/mol. The van der Waals surface area contributed by atoms with Gasteiger partial charge in [-0.2, -0.15) is 0 Å². The van der Waals surface area contributed by atoms with Gasteiger partial charge in [0.05, 0.1) is 11.7 Å². The lowest BCUT2D eigenvalue weighted by Gasteiger charge is -2.13. The molecule has 0 spiro atoms. The van der Waals surface area contributed by atoms with E-state index in [0.717, 1.165) is 5.56 Å². The minimum atomic E-state index is -0.300. The van der Waals surface area contributed by atoms with Gasteiger partial charge < -0.3 is 10.6 Å². The number of anilines is 1.